The van der Waals surface area contributed by atoms with Crippen molar-refractivity contribution in [2.75, 3.05) is 33.9 Å². The Bertz CT molecular complexity index is 1340. The number of carbonyl (C=O) groups excluding carboxylic acids is 2. The summed E-state index contributed by atoms with van der Waals surface area (Å²) >= 11 is 0. The van der Waals surface area contributed by atoms with E-state index >= 15 is 0 Å². The summed E-state index contributed by atoms with van der Waals surface area (Å²) in [4.78, 5) is 24.9. The van der Waals surface area contributed by atoms with E-state index < -0.39 is 40.5 Å². The van der Waals surface area contributed by atoms with Crippen LogP contribution in [0.15, 0.2) is 59.5 Å². The van der Waals surface area contributed by atoms with Crippen molar-refractivity contribution in [3.63, 3.8) is 0 Å². The van der Waals surface area contributed by atoms with Gasteiger partial charge in [0.25, 0.3) is 0 Å². The molecule has 242 valence electrons. The number of aliphatic hydroxyl groups is 1. The first kappa shape index (κ1) is 33.5. The molecule has 0 bridgehead atoms. The topological polar surface area (TPSA) is 153 Å². The van der Waals surface area contributed by atoms with Gasteiger partial charge in [-0.25, -0.2) is 18.0 Å². The third-order valence-corrected chi connectivity index (χ3v) is 9.85. The van der Waals surface area contributed by atoms with E-state index in [1.54, 1.807) is 12.1 Å². The molecule has 1 aliphatic carbocycles. The van der Waals surface area contributed by atoms with Crippen molar-refractivity contribution in [1.82, 2.24) is 14.9 Å². The summed E-state index contributed by atoms with van der Waals surface area (Å²) in [5, 5.41) is 17.0. The molecule has 0 aromatic heterocycles. The van der Waals surface area contributed by atoms with E-state index in [0.29, 0.717) is 25.2 Å². The summed E-state index contributed by atoms with van der Waals surface area (Å²) in [6.45, 7) is 4.07. The van der Waals surface area contributed by atoms with E-state index in [0.717, 1.165) is 5.56 Å². The summed E-state index contributed by atoms with van der Waals surface area (Å²) in [6.07, 6.45) is -1.90. The van der Waals surface area contributed by atoms with Crippen LogP contribution in [-0.2, 0) is 30.7 Å². The van der Waals surface area contributed by atoms with Crippen LogP contribution in [0.4, 0.5) is 9.59 Å². The lowest BCUT2D eigenvalue weighted by Gasteiger charge is -2.31. The molecule has 12 nitrogen and oxygen atoms in total. The summed E-state index contributed by atoms with van der Waals surface area (Å²) in [6, 6.07) is 14.3. The van der Waals surface area contributed by atoms with Gasteiger partial charge in [-0.1, -0.05) is 44.2 Å². The number of carbonyl (C=O) groups is 2. The van der Waals surface area contributed by atoms with Gasteiger partial charge in [0.1, 0.15) is 11.9 Å². The number of sulfonamides is 1. The summed E-state index contributed by atoms with van der Waals surface area (Å²) in [5.74, 6) is 0.477. The second-order valence-corrected chi connectivity index (χ2v) is 13.6. The molecule has 6 atom stereocenters. The zero-order valence-corrected chi connectivity index (χ0v) is 26.4. The van der Waals surface area contributed by atoms with Crippen molar-refractivity contribution in [2.24, 2.45) is 11.8 Å². The fraction of sp³-hybridized carbons (Fsp3) is 0.548. The van der Waals surface area contributed by atoms with E-state index in [-0.39, 0.29) is 48.4 Å². The van der Waals surface area contributed by atoms with Gasteiger partial charge in [0.2, 0.25) is 10.0 Å². The van der Waals surface area contributed by atoms with E-state index in [4.69, 9.17) is 18.9 Å². The molecular weight excluding hydrogens is 590 g/mol. The molecule has 44 heavy (non-hydrogen) atoms. The van der Waals surface area contributed by atoms with Gasteiger partial charge >= 0.3 is 12.2 Å². The maximum atomic E-state index is 13.7. The summed E-state index contributed by atoms with van der Waals surface area (Å²) < 4.78 is 50.0. The standard InChI is InChI=1S/C31H43N3O9S/c1-20(2)17-34(44(38,39)24-12-10-22(40-3)11-13-24)18-28(35)26(14-21-8-6-5-7-9-21)32-31(37)43-23-15-25-27(33-30(36)41-4)19-42-29(25)16-23/h5-13,20,23,25-29,35H,14-19H2,1-4H3,(H,32,37)(H,33,36)/t23-,25-,26+,27-,28-,29-/m1/s1. The van der Waals surface area contributed by atoms with Gasteiger partial charge in [-0.05, 0) is 48.6 Å². The molecule has 1 aliphatic heterocycles. The Morgan fingerprint density at radius 2 is 1.73 bits per heavy atom. The molecule has 13 heteroatoms. The largest absolute Gasteiger partial charge is 0.497 e. The van der Waals surface area contributed by atoms with E-state index in [9.17, 15) is 23.1 Å². The van der Waals surface area contributed by atoms with Crippen LogP contribution in [0.1, 0.15) is 32.3 Å². The normalized spacial score (nSPS) is 22.7. The van der Waals surface area contributed by atoms with Crippen LogP contribution in [0, 0.1) is 11.8 Å². The van der Waals surface area contributed by atoms with Gasteiger partial charge in [0, 0.05) is 25.4 Å². The molecule has 0 unspecified atom stereocenters. The van der Waals surface area contributed by atoms with Gasteiger partial charge in [-0.15, -0.1) is 0 Å². The first-order chi connectivity index (χ1) is 21.0. The number of rotatable bonds is 13. The lowest BCUT2D eigenvalue weighted by Crippen LogP contribution is -2.51. The van der Waals surface area contributed by atoms with Crippen molar-refractivity contribution in [2.45, 2.75) is 68.4 Å². The molecule has 2 aromatic rings. The minimum atomic E-state index is -3.97. The average molecular weight is 634 g/mol. The maximum Gasteiger partial charge on any atom is 0.407 e. The molecule has 2 aromatic carbocycles. The van der Waals surface area contributed by atoms with Crippen LogP contribution in [0.5, 0.6) is 5.75 Å². The first-order valence-corrected chi connectivity index (χ1v) is 16.2. The van der Waals surface area contributed by atoms with Crippen LogP contribution in [0.2, 0.25) is 0 Å². The highest BCUT2D eigenvalue weighted by atomic mass is 32.2. The monoisotopic (exact) mass is 633 g/mol. The second kappa shape index (κ2) is 15.1. The average Bonchev–Trinajstić information content (AvgIpc) is 3.57. The third-order valence-electron chi connectivity index (χ3n) is 8.00. The second-order valence-electron chi connectivity index (χ2n) is 11.7. The fourth-order valence-corrected chi connectivity index (χ4v) is 7.43. The Morgan fingerprint density at radius 3 is 2.36 bits per heavy atom. The summed E-state index contributed by atoms with van der Waals surface area (Å²) in [7, 11) is -1.18. The fourth-order valence-electron chi connectivity index (χ4n) is 5.81. The molecule has 2 aliphatic rings. The smallest absolute Gasteiger partial charge is 0.407 e. The lowest BCUT2D eigenvalue weighted by atomic mass is 10.00. The molecule has 4 rings (SSSR count). The van der Waals surface area contributed by atoms with Crippen LogP contribution in [0.3, 0.4) is 0 Å². The predicted octanol–water partition coefficient (Wildman–Crippen LogP) is 2.94. The predicted molar refractivity (Wildman–Crippen MR) is 162 cm³/mol. The summed E-state index contributed by atoms with van der Waals surface area (Å²) in [5.41, 5.74) is 0.853. The highest BCUT2D eigenvalue weighted by Gasteiger charge is 2.47. The number of amides is 2. The third kappa shape index (κ3) is 8.62. The van der Waals surface area contributed by atoms with Crippen LogP contribution >= 0.6 is 0 Å². The minimum Gasteiger partial charge on any atom is -0.497 e. The highest BCUT2D eigenvalue weighted by molar-refractivity contribution is 7.89. The van der Waals surface area contributed by atoms with E-state index in [1.165, 1.54) is 30.7 Å². The first-order valence-electron chi connectivity index (χ1n) is 14.8. The molecule has 1 heterocycles. The van der Waals surface area contributed by atoms with Crippen LogP contribution in [0.25, 0.3) is 0 Å². The van der Waals surface area contributed by atoms with Gasteiger partial charge in [0.05, 0.1) is 50.0 Å². The molecule has 3 N–H and O–H groups in total. The number of alkyl carbamates (subject to hydrolysis) is 2. The van der Waals surface area contributed by atoms with Crippen LogP contribution in [-0.4, -0.2) is 94.3 Å². The van der Waals surface area contributed by atoms with E-state index in [1.807, 2.05) is 44.2 Å². The van der Waals surface area contributed by atoms with Crippen molar-refractivity contribution >= 4 is 22.2 Å². The zero-order chi connectivity index (χ0) is 31.9. The van der Waals surface area contributed by atoms with Gasteiger partial charge in [-0.3, -0.25) is 0 Å². The molecule has 1 saturated heterocycles. The Labute approximate surface area is 259 Å². The number of nitrogens with one attached hydrogen (secondary N) is 2. The Balaban J connectivity index is 1.46. The van der Waals surface area contributed by atoms with Crippen molar-refractivity contribution in [3.8, 4) is 5.75 Å². The molecule has 2 fully saturated rings. The Kier molecular flexibility index (Phi) is 11.5. The number of methoxy groups -OCH3 is 2. The van der Waals surface area contributed by atoms with Crippen LogP contribution < -0.4 is 15.4 Å². The maximum absolute atomic E-state index is 13.7. The molecule has 0 spiro atoms. The number of nitrogens with zero attached hydrogens (tertiary/aromatic N) is 1. The molecule has 0 radical (unpaired) electrons. The number of ether oxygens (including phenoxy) is 4. The number of benzene rings is 2. The number of hydrogen-bond acceptors (Lipinski definition) is 9. The Hall–Kier alpha value is -3.39. The highest BCUT2D eigenvalue weighted by Crippen LogP contribution is 2.38. The van der Waals surface area contributed by atoms with Crippen molar-refractivity contribution < 1.29 is 42.1 Å². The minimum absolute atomic E-state index is 0.0228. The van der Waals surface area contributed by atoms with Gasteiger partial charge in [-0.2, -0.15) is 4.31 Å². The quantitative estimate of drug-likeness (QED) is 0.302. The molecule has 2 amide bonds. The van der Waals surface area contributed by atoms with Crippen molar-refractivity contribution in [1.29, 1.82) is 0 Å². The Morgan fingerprint density at radius 1 is 1.02 bits per heavy atom. The van der Waals surface area contributed by atoms with E-state index in [2.05, 4.69) is 10.6 Å². The molecule has 1 saturated carbocycles. The SMILES string of the molecule is COC(=O)N[C@@H]1CO[C@@H]2C[C@H](OC(=O)N[C@@H](Cc3ccccc3)[C@H](O)CN(CC(C)C)S(=O)(=O)c3ccc(OC)cc3)C[C@H]12. The number of hydrogen-bond donors (Lipinski definition) is 3. The lowest BCUT2D eigenvalue weighted by molar-refractivity contribution is 0.0537. The zero-order valence-electron chi connectivity index (χ0n) is 25.5. The van der Waals surface area contributed by atoms with Crippen molar-refractivity contribution in [3.05, 3.63) is 60.2 Å². The number of fused-ring (bicyclic) bond motifs is 1. The number of aliphatic hydroxyl groups excluding tert-OH is 1. The van der Waals surface area contributed by atoms with Gasteiger partial charge in [0.15, 0.2) is 0 Å². The molecular formula is C31H43N3O9S. The van der Waals surface area contributed by atoms with Gasteiger partial charge < -0.3 is 34.7 Å².